The Kier molecular flexibility index (Phi) is 5.39. The van der Waals surface area contributed by atoms with Gasteiger partial charge in [0.05, 0.1) is 6.20 Å². The van der Waals surface area contributed by atoms with E-state index in [1.807, 2.05) is 24.3 Å². The molecule has 29 heavy (non-hydrogen) atoms. The smallest absolute Gasteiger partial charge is 0.407 e. The molecule has 2 N–H and O–H groups in total. The van der Waals surface area contributed by atoms with Crippen molar-refractivity contribution >= 4 is 6.09 Å². The summed E-state index contributed by atoms with van der Waals surface area (Å²) in [5.74, 6) is 5.76. The van der Waals surface area contributed by atoms with Gasteiger partial charge in [0, 0.05) is 25.1 Å². The summed E-state index contributed by atoms with van der Waals surface area (Å²) in [7, 11) is 0. The van der Waals surface area contributed by atoms with Crippen molar-refractivity contribution in [3.8, 4) is 23.0 Å². The number of fused-ring (bicyclic) bond motifs is 3. The van der Waals surface area contributed by atoms with E-state index in [9.17, 15) is 9.59 Å². The molecule has 1 aliphatic carbocycles. The molecule has 0 bridgehead atoms. The Bertz CT molecular complexity index is 1090. The van der Waals surface area contributed by atoms with Crippen LogP contribution < -0.4 is 10.9 Å². The standard InChI is InChI=1S/C23H19N3O3/c27-22-14-25-16(13-26-22)7-5-6-12-24-23(28)29-15-21-19-10-3-1-8-17(19)18-9-2-4-11-20(18)21/h1-4,8-11,13-14,21H,6,12,15H2,(H,24,28)(H,26,27). The predicted molar refractivity (Wildman–Crippen MR) is 109 cm³/mol. The number of carbonyl (C=O) groups excluding carboxylic acids is 1. The fraction of sp³-hybridized carbons (Fsp3) is 0.174. The molecule has 1 heterocycles. The average Bonchev–Trinajstić information content (AvgIpc) is 3.07. The van der Waals surface area contributed by atoms with Crippen LogP contribution in [-0.2, 0) is 4.74 Å². The molecule has 0 radical (unpaired) electrons. The highest BCUT2D eigenvalue weighted by Gasteiger charge is 2.28. The lowest BCUT2D eigenvalue weighted by Gasteiger charge is -2.14. The summed E-state index contributed by atoms with van der Waals surface area (Å²) < 4.78 is 5.47. The number of hydrogen-bond acceptors (Lipinski definition) is 4. The highest BCUT2D eigenvalue weighted by atomic mass is 16.5. The molecule has 3 aromatic rings. The maximum Gasteiger partial charge on any atom is 0.407 e. The number of benzene rings is 2. The molecule has 144 valence electrons. The summed E-state index contributed by atoms with van der Waals surface area (Å²) in [5, 5.41) is 2.71. The van der Waals surface area contributed by atoms with E-state index in [0.29, 0.717) is 18.7 Å². The fourth-order valence-electron chi connectivity index (χ4n) is 3.44. The number of carbonyl (C=O) groups is 1. The number of H-pyrrole nitrogens is 1. The van der Waals surface area contributed by atoms with Crippen LogP contribution in [-0.4, -0.2) is 29.2 Å². The van der Waals surface area contributed by atoms with Crippen LogP contribution in [0.4, 0.5) is 4.79 Å². The van der Waals surface area contributed by atoms with Gasteiger partial charge >= 0.3 is 6.09 Å². The second kappa shape index (κ2) is 8.44. The van der Waals surface area contributed by atoms with Gasteiger partial charge in [0.25, 0.3) is 5.56 Å². The third-order valence-corrected chi connectivity index (χ3v) is 4.75. The van der Waals surface area contributed by atoms with Gasteiger partial charge in [0.2, 0.25) is 0 Å². The number of ether oxygens (including phenoxy) is 1. The number of rotatable bonds is 4. The number of alkyl carbamates (subject to hydrolysis) is 1. The first-order valence-corrected chi connectivity index (χ1v) is 9.35. The quantitative estimate of drug-likeness (QED) is 0.534. The number of amides is 1. The van der Waals surface area contributed by atoms with Crippen molar-refractivity contribution in [2.24, 2.45) is 0 Å². The van der Waals surface area contributed by atoms with Gasteiger partial charge in [-0.25, -0.2) is 9.78 Å². The average molecular weight is 385 g/mol. The Labute approximate surface area is 168 Å². The Balaban J connectivity index is 1.29. The summed E-state index contributed by atoms with van der Waals surface area (Å²) in [6.07, 6.45) is 2.62. The van der Waals surface area contributed by atoms with E-state index in [1.165, 1.54) is 34.6 Å². The zero-order valence-electron chi connectivity index (χ0n) is 15.6. The molecule has 6 nitrogen and oxygen atoms in total. The van der Waals surface area contributed by atoms with Crippen LogP contribution in [0.1, 0.15) is 29.2 Å². The number of hydrogen-bond donors (Lipinski definition) is 2. The lowest BCUT2D eigenvalue weighted by molar-refractivity contribution is 0.143. The molecule has 0 atom stereocenters. The highest BCUT2D eigenvalue weighted by Crippen LogP contribution is 2.44. The van der Waals surface area contributed by atoms with E-state index >= 15 is 0 Å². The normalized spacial score (nSPS) is 11.7. The Hall–Kier alpha value is -3.85. The van der Waals surface area contributed by atoms with Gasteiger partial charge < -0.3 is 15.0 Å². The molecular weight excluding hydrogens is 366 g/mol. The van der Waals surface area contributed by atoms with Crippen molar-refractivity contribution in [3.63, 3.8) is 0 Å². The number of aromatic amines is 1. The van der Waals surface area contributed by atoms with Crippen LogP contribution in [0.5, 0.6) is 0 Å². The largest absolute Gasteiger partial charge is 0.449 e. The third kappa shape index (κ3) is 4.19. The van der Waals surface area contributed by atoms with Crippen molar-refractivity contribution in [1.82, 2.24) is 15.3 Å². The Morgan fingerprint density at radius 1 is 1.10 bits per heavy atom. The van der Waals surface area contributed by atoms with Gasteiger partial charge in [-0.2, -0.15) is 0 Å². The monoisotopic (exact) mass is 385 g/mol. The van der Waals surface area contributed by atoms with Crippen molar-refractivity contribution < 1.29 is 9.53 Å². The molecule has 2 aromatic carbocycles. The predicted octanol–water partition coefficient (Wildman–Crippen LogP) is 3.05. The molecule has 0 spiro atoms. The molecule has 0 saturated carbocycles. The summed E-state index contributed by atoms with van der Waals surface area (Å²) in [6, 6.07) is 16.4. The number of nitrogens with one attached hydrogen (secondary N) is 2. The first-order chi connectivity index (χ1) is 14.2. The third-order valence-electron chi connectivity index (χ3n) is 4.75. The molecular formula is C23H19N3O3. The molecule has 1 aliphatic rings. The van der Waals surface area contributed by atoms with E-state index in [1.54, 1.807) is 0 Å². The molecule has 6 heteroatoms. The van der Waals surface area contributed by atoms with Crippen LogP contribution in [0.2, 0.25) is 0 Å². The van der Waals surface area contributed by atoms with Crippen molar-refractivity contribution in [2.45, 2.75) is 12.3 Å². The van der Waals surface area contributed by atoms with Gasteiger partial charge in [-0.05, 0) is 28.2 Å². The maximum atomic E-state index is 12.1. The zero-order chi connectivity index (χ0) is 20.1. The van der Waals surface area contributed by atoms with E-state index in [2.05, 4.69) is 51.4 Å². The summed E-state index contributed by atoms with van der Waals surface area (Å²) in [4.78, 5) is 29.4. The lowest BCUT2D eigenvalue weighted by atomic mass is 9.98. The second-order valence-corrected chi connectivity index (χ2v) is 6.60. The molecule has 0 aliphatic heterocycles. The zero-order valence-corrected chi connectivity index (χ0v) is 15.6. The molecule has 0 fully saturated rings. The fourth-order valence-corrected chi connectivity index (χ4v) is 3.44. The van der Waals surface area contributed by atoms with Gasteiger partial charge in [0.15, 0.2) is 0 Å². The van der Waals surface area contributed by atoms with Crippen LogP contribution in [0.25, 0.3) is 11.1 Å². The Morgan fingerprint density at radius 2 is 1.79 bits per heavy atom. The van der Waals surface area contributed by atoms with Crippen LogP contribution in [0.3, 0.4) is 0 Å². The molecule has 0 unspecified atom stereocenters. The topological polar surface area (TPSA) is 84.1 Å². The first kappa shape index (κ1) is 18.5. The minimum Gasteiger partial charge on any atom is -0.449 e. The minimum atomic E-state index is -0.462. The van der Waals surface area contributed by atoms with Crippen molar-refractivity contribution in [1.29, 1.82) is 0 Å². The van der Waals surface area contributed by atoms with Gasteiger partial charge in [-0.15, -0.1) is 0 Å². The Morgan fingerprint density at radius 3 is 2.45 bits per heavy atom. The maximum absolute atomic E-state index is 12.1. The van der Waals surface area contributed by atoms with E-state index in [0.717, 1.165) is 0 Å². The molecule has 1 aromatic heterocycles. The molecule has 1 amide bonds. The van der Waals surface area contributed by atoms with Crippen molar-refractivity contribution in [3.05, 3.63) is 88.1 Å². The van der Waals surface area contributed by atoms with E-state index < -0.39 is 6.09 Å². The van der Waals surface area contributed by atoms with E-state index in [4.69, 9.17) is 4.74 Å². The number of aromatic nitrogens is 2. The van der Waals surface area contributed by atoms with Crippen molar-refractivity contribution in [2.75, 3.05) is 13.2 Å². The number of nitrogens with zero attached hydrogens (tertiary/aromatic N) is 1. The van der Waals surface area contributed by atoms with E-state index in [-0.39, 0.29) is 18.1 Å². The van der Waals surface area contributed by atoms with Crippen LogP contribution in [0.15, 0.2) is 65.7 Å². The summed E-state index contributed by atoms with van der Waals surface area (Å²) in [5.41, 5.74) is 4.96. The highest BCUT2D eigenvalue weighted by molar-refractivity contribution is 5.79. The van der Waals surface area contributed by atoms with Gasteiger partial charge in [0.1, 0.15) is 12.3 Å². The minimum absolute atomic E-state index is 0.0410. The molecule has 4 rings (SSSR count). The SMILES string of the molecule is O=C(NCCC#Cc1c[nH]c(=O)cn1)OCC1c2ccccc2-c2ccccc21. The summed E-state index contributed by atoms with van der Waals surface area (Å²) >= 11 is 0. The van der Waals surface area contributed by atoms with Crippen LogP contribution >= 0.6 is 0 Å². The van der Waals surface area contributed by atoms with Gasteiger partial charge in [-0.3, -0.25) is 4.79 Å². The molecule has 0 saturated heterocycles. The first-order valence-electron chi connectivity index (χ1n) is 9.35. The van der Waals surface area contributed by atoms with Gasteiger partial charge in [-0.1, -0.05) is 54.5 Å². The van der Waals surface area contributed by atoms with Crippen LogP contribution in [0, 0.1) is 11.8 Å². The second-order valence-electron chi connectivity index (χ2n) is 6.60. The lowest BCUT2D eigenvalue weighted by Crippen LogP contribution is -2.26. The summed E-state index contributed by atoms with van der Waals surface area (Å²) in [6.45, 7) is 0.653.